The zero-order valence-electron chi connectivity index (χ0n) is 22.6. The van der Waals surface area contributed by atoms with E-state index in [0.717, 1.165) is 70.4 Å². The number of benzene rings is 1. The summed E-state index contributed by atoms with van der Waals surface area (Å²) >= 11 is 6.28. The molecule has 39 heavy (non-hydrogen) atoms. The van der Waals surface area contributed by atoms with Gasteiger partial charge in [-0.1, -0.05) is 17.7 Å². The maximum atomic E-state index is 13.8. The van der Waals surface area contributed by atoms with E-state index in [2.05, 4.69) is 44.9 Å². The lowest BCUT2D eigenvalue weighted by Crippen LogP contribution is -2.32. The Labute approximate surface area is 232 Å². The minimum absolute atomic E-state index is 0.00599. The maximum Gasteiger partial charge on any atom is 0.259 e. The number of hydrogen-bond acceptors (Lipinski definition) is 6. The van der Waals surface area contributed by atoms with E-state index in [9.17, 15) is 4.79 Å². The Hall–Kier alpha value is -3.75. The number of aromatic nitrogens is 5. The van der Waals surface area contributed by atoms with E-state index in [1.54, 1.807) is 23.0 Å². The van der Waals surface area contributed by atoms with E-state index in [4.69, 9.17) is 16.7 Å². The van der Waals surface area contributed by atoms with Gasteiger partial charge in [-0.05, 0) is 88.3 Å². The predicted octanol–water partition coefficient (Wildman–Crippen LogP) is 5.75. The lowest BCUT2D eigenvalue weighted by atomic mass is 9.95. The van der Waals surface area contributed by atoms with E-state index < -0.39 is 0 Å². The topological polar surface area (TPSA) is 80.9 Å². The summed E-state index contributed by atoms with van der Waals surface area (Å²) in [5.74, 6) is 0. The van der Waals surface area contributed by atoms with E-state index in [1.807, 2.05) is 44.4 Å². The van der Waals surface area contributed by atoms with Gasteiger partial charge < -0.3 is 10.2 Å². The van der Waals surface area contributed by atoms with Gasteiger partial charge in [-0.3, -0.25) is 14.3 Å². The van der Waals surface area contributed by atoms with Crippen LogP contribution in [0.15, 0.2) is 59.8 Å². The Morgan fingerprint density at radius 2 is 1.87 bits per heavy atom. The summed E-state index contributed by atoms with van der Waals surface area (Å²) in [5, 5.41) is 11.6. The van der Waals surface area contributed by atoms with Gasteiger partial charge in [-0.2, -0.15) is 5.10 Å². The molecule has 1 saturated heterocycles. The fourth-order valence-electron chi connectivity index (χ4n) is 5.86. The first-order valence-corrected chi connectivity index (χ1v) is 13.7. The van der Waals surface area contributed by atoms with Crippen LogP contribution in [0.5, 0.6) is 0 Å². The molecule has 0 radical (unpaired) electrons. The maximum absolute atomic E-state index is 13.8. The zero-order valence-corrected chi connectivity index (χ0v) is 23.4. The summed E-state index contributed by atoms with van der Waals surface area (Å²) in [5.41, 5.74) is 5.40. The number of anilines is 1. The molecule has 1 fully saturated rings. The number of likely N-dealkylation sites (tertiary alicyclic amines) is 1. The van der Waals surface area contributed by atoms with Crippen molar-refractivity contribution in [2.45, 2.75) is 38.8 Å². The van der Waals surface area contributed by atoms with Crippen LogP contribution in [-0.4, -0.2) is 49.4 Å². The molecule has 1 N–H and O–H groups in total. The highest BCUT2D eigenvalue weighted by atomic mass is 35.5. The van der Waals surface area contributed by atoms with Crippen LogP contribution in [0.4, 0.5) is 5.69 Å². The number of fused-ring (bicyclic) bond motifs is 3. The first kappa shape index (κ1) is 25.5. The van der Waals surface area contributed by atoms with Crippen molar-refractivity contribution in [1.29, 1.82) is 0 Å². The quantitative estimate of drug-likeness (QED) is 0.285. The first-order valence-electron chi connectivity index (χ1n) is 13.3. The van der Waals surface area contributed by atoms with Crippen molar-refractivity contribution in [2.75, 3.05) is 25.5 Å². The Bertz CT molecular complexity index is 1740. The second-order valence-electron chi connectivity index (χ2n) is 10.6. The van der Waals surface area contributed by atoms with Crippen LogP contribution in [0.1, 0.15) is 43.0 Å². The third kappa shape index (κ3) is 4.57. The van der Waals surface area contributed by atoms with Crippen LogP contribution < -0.4 is 10.9 Å². The highest BCUT2D eigenvalue weighted by molar-refractivity contribution is 6.29. The lowest BCUT2D eigenvalue weighted by Gasteiger charge is -2.29. The van der Waals surface area contributed by atoms with Crippen molar-refractivity contribution < 1.29 is 0 Å². The normalized spacial score (nSPS) is 15.7. The van der Waals surface area contributed by atoms with Crippen molar-refractivity contribution in [3.05, 3.63) is 81.6 Å². The summed E-state index contributed by atoms with van der Waals surface area (Å²) in [7, 11) is 4.01. The number of nitrogens with zero attached hydrogens (tertiary/aromatic N) is 6. The minimum atomic E-state index is -0.132. The van der Waals surface area contributed by atoms with Crippen molar-refractivity contribution in [2.24, 2.45) is 7.05 Å². The number of aryl methyl sites for hydroxylation is 2. The van der Waals surface area contributed by atoms with Gasteiger partial charge >= 0.3 is 0 Å². The van der Waals surface area contributed by atoms with Gasteiger partial charge in [0.25, 0.3) is 5.56 Å². The summed E-state index contributed by atoms with van der Waals surface area (Å²) in [6.07, 6.45) is 7.48. The number of rotatable bonds is 5. The summed E-state index contributed by atoms with van der Waals surface area (Å²) < 4.78 is 3.85. The molecule has 8 nitrogen and oxygen atoms in total. The second kappa shape index (κ2) is 10.1. The molecule has 9 heteroatoms. The van der Waals surface area contributed by atoms with E-state index >= 15 is 0 Å². The molecule has 0 aliphatic carbocycles. The van der Waals surface area contributed by atoms with Crippen molar-refractivity contribution in [1.82, 2.24) is 29.2 Å². The van der Waals surface area contributed by atoms with E-state index in [-0.39, 0.29) is 17.6 Å². The van der Waals surface area contributed by atoms with Crippen LogP contribution in [-0.2, 0) is 7.05 Å². The largest absolute Gasteiger partial charge is 0.377 e. The number of nitrogens with one attached hydrogen (secondary N) is 1. The second-order valence-corrected chi connectivity index (χ2v) is 11.0. The molecular formula is C30H32ClN7O. The molecular weight excluding hydrogens is 510 g/mol. The van der Waals surface area contributed by atoms with Gasteiger partial charge in [0.1, 0.15) is 10.8 Å². The van der Waals surface area contributed by atoms with Gasteiger partial charge in [0.2, 0.25) is 0 Å². The smallest absolute Gasteiger partial charge is 0.259 e. The van der Waals surface area contributed by atoms with Crippen LogP contribution in [0.3, 0.4) is 0 Å². The highest BCUT2D eigenvalue weighted by Crippen LogP contribution is 2.36. The number of pyridine rings is 3. The van der Waals surface area contributed by atoms with Gasteiger partial charge in [0.15, 0.2) is 0 Å². The third-order valence-corrected chi connectivity index (χ3v) is 8.08. The molecule has 1 aliphatic rings. The van der Waals surface area contributed by atoms with Crippen LogP contribution >= 0.6 is 11.6 Å². The first-order chi connectivity index (χ1) is 18.8. The van der Waals surface area contributed by atoms with Crippen LogP contribution in [0.2, 0.25) is 5.15 Å². The standard InChI is InChI=1S/C30H32ClN7O/c1-18-14-22(19(2)34-25-7-8-26(31)35-28(25)20-6-5-11-32-16-20)27-23(15-18)30(39)37(4)29-24(27)17-33-38(29)21-9-12-36(3)13-10-21/h5-8,11,14-17,19,21,34H,9-10,12-13H2,1-4H3. The predicted molar refractivity (Wildman–Crippen MR) is 158 cm³/mol. The zero-order chi connectivity index (χ0) is 27.3. The lowest BCUT2D eigenvalue weighted by molar-refractivity contribution is 0.214. The van der Waals surface area contributed by atoms with Gasteiger partial charge in [0, 0.05) is 47.2 Å². The molecule has 0 bridgehead atoms. The Balaban J connectivity index is 1.50. The molecule has 200 valence electrons. The minimum Gasteiger partial charge on any atom is -0.377 e. The molecule has 1 atom stereocenters. The van der Waals surface area contributed by atoms with E-state index in [1.165, 1.54) is 0 Å². The highest BCUT2D eigenvalue weighted by Gasteiger charge is 2.25. The van der Waals surface area contributed by atoms with Gasteiger partial charge in [-0.25, -0.2) is 9.67 Å². The van der Waals surface area contributed by atoms with Crippen molar-refractivity contribution in [3.63, 3.8) is 0 Å². The average molecular weight is 542 g/mol. The van der Waals surface area contributed by atoms with Crippen molar-refractivity contribution in [3.8, 4) is 11.3 Å². The van der Waals surface area contributed by atoms with Crippen molar-refractivity contribution >= 4 is 39.1 Å². The molecule has 0 saturated carbocycles. The third-order valence-electron chi connectivity index (χ3n) is 7.87. The Morgan fingerprint density at radius 3 is 2.62 bits per heavy atom. The van der Waals surface area contributed by atoms with Crippen LogP contribution in [0.25, 0.3) is 33.1 Å². The molecule has 1 aliphatic heterocycles. The Kier molecular flexibility index (Phi) is 6.61. The number of piperidine rings is 1. The molecule has 5 heterocycles. The van der Waals surface area contributed by atoms with Gasteiger partial charge in [0.05, 0.1) is 23.6 Å². The molecule has 0 amide bonds. The molecule has 0 spiro atoms. The molecule has 1 aromatic carbocycles. The Morgan fingerprint density at radius 1 is 1.08 bits per heavy atom. The summed E-state index contributed by atoms with van der Waals surface area (Å²) in [6.45, 7) is 6.19. The summed E-state index contributed by atoms with van der Waals surface area (Å²) in [4.78, 5) is 25.0. The molecule has 5 aromatic rings. The number of halogens is 1. The molecule has 1 unspecified atom stereocenters. The SMILES string of the molecule is Cc1cc(C(C)Nc2ccc(Cl)nc2-c2cccnc2)c2c(c1)c(=O)n(C)c1c2cnn1C1CCN(C)CC1. The molecule has 4 aromatic heterocycles. The molecule has 6 rings (SSSR count). The van der Waals surface area contributed by atoms with E-state index in [0.29, 0.717) is 10.5 Å². The fourth-order valence-corrected chi connectivity index (χ4v) is 6.01. The van der Waals surface area contributed by atoms with Crippen LogP contribution in [0, 0.1) is 6.92 Å². The number of hydrogen-bond donors (Lipinski definition) is 1. The average Bonchev–Trinajstić information content (AvgIpc) is 3.38. The van der Waals surface area contributed by atoms with Gasteiger partial charge in [-0.15, -0.1) is 0 Å². The fraction of sp³-hybridized carbons (Fsp3) is 0.333. The summed E-state index contributed by atoms with van der Waals surface area (Å²) in [6, 6.07) is 11.9. The monoisotopic (exact) mass is 541 g/mol.